The average molecular weight is 293 g/mol. The van der Waals surface area contributed by atoms with E-state index in [9.17, 15) is 19.8 Å². The Kier molecular flexibility index (Phi) is 3.81. The van der Waals surface area contributed by atoms with Gasteiger partial charge in [0.25, 0.3) is 5.56 Å². The zero-order valence-electron chi connectivity index (χ0n) is 10.1. The maximum absolute atomic E-state index is 11.6. The molecule has 9 heteroatoms. The molecule has 1 aliphatic heterocycles. The SMILES string of the molecule is [2H]POC[C@H]1S[C@@H](n2ccc(=O)[nH]c2=O)[C@H](O)[C@@H]1O. The molecule has 7 nitrogen and oxygen atoms in total. The van der Waals surface area contributed by atoms with Crippen LogP contribution in [-0.2, 0) is 4.52 Å². The fourth-order valence-electron chi connectivity index (χ4n) is 1.81. The van der Waals surface area contributed by atoms with Crippen LogP contribution in [0, 0.1) is 0 Å². The summed E-state index contributed by atoms with van der Waals surface area (Å²) >= 11 is 1.18. The van der Waals surface area contributed by atoms with Crippen LogP contribution in [0.5, 0.6) is 0 Å². The minimum absolute atomic E-state index is 0.124. The average Bonchev–Trinajstić information content (AvgIpc) is 2.64. The van der Waals surface area contributed by atoms with Gasteiger partial charge in [-0.3, -0.25) is 14.3 Å². The van der Waals surface area contributed by atoms with Crippen LogP contribution >= 0.6 is 21.2 Å². The Hall–Kier alpha value is -0.660. The second-order valence-corrected chi connectivity index (χ2v) is 5.52. The van der Waals surface area contributed by atoms with Crippen molar-refractivity contribution in [1.82, 2.24) is 9.55 Å². The maximum Gasteiger partial charge on any atom is 0.329 e. The summed E-state index contributed by atoms with van der Waals surface area (Å²) in [5.41, 5.74) is -1.16. The molecule has 2 heterocycles. The molecule has 0 amide bonds. The standard InChI is InChI=1S/C9H13N2O5PS/c12-5-1-2-11(9(15)10-5)8-7(14)6(13)4(18-8)3-16-17/h1-2,4,6-8,13-14H,3,17H2,(H,10,12,15)/t4-,6-,7-,8-/m1/s1/i17D/t4-,6-,7-,8-,17?. The van der Waals surface area contributed by atoms with Crippen molar-refractivity contribution in [3.8, 4) is 0 Å². The van der Waals surface area contributed by atoms with E-state index in [1.54, 1.807) is 0 Å². The monoisotopic (exact) mass is 293 g/mol. The van der Waals surface area contributed by atoms with Gasteiger partial charge in [0.1, 0.15) is 11.5 Å². The van der Waals surface area contributed by atoms with E-state index in [0.717, 1.165) is 0 Å². The molecule has 1 aliphatic rings. The molecule has 1 fully saturated rings. The van der Waals surface area contributed by atoms with Gasteiger partial charge >= 0.3 is 5.69 Å². The van der Waals surface area contributed by atoms with Crippen LogP contribution in [0.4, 0.5) is 0 Å². The first-order valence-electron chi connectivity index (χ1n) is 5.66. The molecular weight excluding hydrogens is 279 g/mol. The molecule has 0 aromatic carbocycles. The van der Waals surface area contributed by atoms with Gasteiger partial charge in [0.05, 0.1) is 19.2 Å². The van der Waals surface area contributed by atoms with Gasteiger partial charge in [0.15, 0.2) is 0 Å². The van der Waals surface area contributed by atoms with E-state index in [1.165, 1.54) is 28.6 Å². The Labute approximate surface area is 110 Å². The molecule has 0 spiro atoms. The topological polar surface area (TPSA) is 105 Å². The number of aromatic amines is 1. The highest BCUT2D eigenvalue weighted by molar-refractivity contribution is 8.00. The molecule has 1 saturated heterocycles. The smallest absolute Gasteiger partial charge is 0.329 e. The first-order valence-corrected chi connectivity index (χ1v) is 6.51. The lowest BCUT2D eigenvalue weighted by molar-refractivity contribution is 0.0125. The molecule has 3 N–H and O–H groups in total. The maximum atomic E-state index is 11.6. The molecular formula is C9H13N2O5PS. The third-order valence-corrected chi connectivity index (χ3v) is 4.43. The van der Waals surface area contributed by atoms with Crippen LogP contribution in [0.15, 0.2) is 21.9 Å². The van der Waals surface area contributed by atoms with Crippen molar-refractivity contribution in [2.75, 3.05) is 6.61 Å². The summed E-state index contributed by atoms with van der Waals surface area (Å²) in [5, 5.41) is 18.7. The number of thioether (sulfide) groups is 1. The van der Waals surface area contributed by atoms with Crippen molar-refractivity contribution >= 4 is 21.2 Å². The van der Waals surface area contributed by atoms with Crippen LogP contribution in [0.25, 0.3) is 0 Å². The predicted octanol–water partition coefficient (Wildman–Crippen LogP) is -1.32. The second-order valence-electron chi connectivity index (χ2n) is 3.87. The summed E-state index contributed by atoms with van der Waals surface area (Å²) in [6.45, 7) is 0.124. The number of hydrogen-bond donors (Lipinski definition) is 3. The third-order valence-electron chi connectivity index (χ3n) is 2.71. The van der Waals surface area contributed by atoms with Crippen LogP contribution in [0.1, 0.15) is 5.37 Å². The molecule has 1 aromatic rings. The van der Waals surface area contributed by atoms with E-state index in [4.69, 9.17) is 5.80 Å². The molecule has 0 saturated carbocycles. The van der Waals surface area contributed by atoms with Crippen molar-refractivity contribution in [3.63, 3.8) is 0 Å². The second kappa shape index (κ2) is 5.54. The number of aliphatic hydroxyl groups is 2. The zero-order valence-corrected chi connectivity index (χ0v) is 11.0. The highest BCUT2D eigenvalue weighted by atomic mass is 32.2. The minimum Gasteiger partial charge on any atom is -0.389 e. The third kappa shape index (κ3) is 2.53. The van der Waals surface area contributed by atoms with E-state index in [-0.39, 0.29) is 6.61 Å². The molecule has 5 atom stereocenters. The summed E-state index contributed by atoms with van der Waals surface area (Å²) < 4.78 is 13.0. The Bertz CT molecular complexity index is 552. The van der Waals surface area contributed by atoms with Gasteiger partial charge in [-0.25, -0.2) is 4.79 Å². The highest BCUT2D eigenvalue weighted by Crippen LogP contribution is 2.41. The normalized spacial score (nSPS) is 33.1. The molecule has 0 bridgehead atoms. The number of H-pyrrole nitrogens is 1. The number of aromatic nitrogens is 2. The summed E-state index contributed by atoms with van der Waals surface area (Å²) in [7, 11) is -0.451. The summed E-state index contributed by atoms with van der Waals surface area (Å²) in [4.78, 5) is 24.7. The molecule has 1 unspecified atom stereocenters. The van der Waals surface area contributed by atoms with Crippen molar-refractivity contribution in [2.24, 2.45) is 0 Å². The Morgan fingerprint density at radius 1 is 1.56 bits per heavy atom. The van der Waals surface area contributed by atoms with E-state index in [2.05, 4.69) is 4.98 Å². The van der Waals surface area contributed by atoms with Gasteiger partial charge in [-0.1, -0.05) is 0 Å². The van der Waals surface area contributed by atoms with E-state index in [1.807, 2.05) is 0 Å². The molecule has 100 valence electrons. The summed E-state index contributed by atoms with van der Waals surface area (Å²) in [6, 6.07) is 1.18. The molecule has 1 aromatic heterocycles. The van der Waals surface area contributed by atoms with Crippen LogP contribution in [0.3, 0.4) is 0 Å². The number of nitrogens with zero attached hydrogens (tertiary/aromatic N) is 1. The predicted molar refractivity (Wildman–Crippen MR) is 69.4 cm³/mol. The van der Waals surface area contributed by atoms with Crippen molar-refractivity contribution in [3.05, 3.63) is 33.1 Å². The largest absolute Gasteiger partial charge is 0.389 e. The number of rotatable bonds is 4. The quantitative estimate of drug-likeness (QED) is 0.595. The first kappa shape index (κ1) is 12.4. The number of hydrogen-bond acceptors (Lipinski definition) is 6. The lowest BCUT2D eigenvalue weighted by Gasteiger charge is -2.17. The number of aliphatic hydroxyl groups excluding tert-OH is 2. The number of nitrogens with one attached hydrogen (secondary N) is 1. The van der Waals surface area contributed by atoms with Crippen LogP contribution in [-0.4, -0.2) is 45.1 Å². The van der Waals surface area contributed by atoms with Crippen molar-refractivity contribution < 1.29 is 14.7 Å². The van der Waals surface area contributed by atoms with E-state index < -0.39 is 43.5 Å². The van der Waals surface area contributed by atoms with Gasteiger partial charge in [-0.2, -0.15) is 0 Å². The molecule has 2 rings (SSSR count). The van der Waals surface area contributed by atoms with Crippen molar-refractivity contribution in [1.29, 1.82) is 1.28 Å². The van der Waals surface area contributed by atoms with Gasteiger partial charge in [0, 0.05) is 21.7 Å². The van der Waals surface area contributed by atoms with Crippen LogP contribution in [0.2, 0.25) is 0 Å². The van der Waals surface area contributed by atoms with E-state index in [0.29, 0.717) is 0 Å². The molecule has 0 aliphatic carbocycles. The van der Waals surface area contributed by atoms with Gasteiger partial charge in [-0.05, 0) is 0 Å². The highest BCUT2D eigenvalue weighted by Gasteiger charge is 2.43. The van der Waals surface area contributed by atoms with Gasteiger partial charge < -0.3 is 14.7 Å². The summed E-state index contributed by atoms with van der Waals surface area (Å²) in [5.74, 6) is 0. The molecule has 18 heavy (non-hydrogen) atoms. The summed E-state index contributed by atoms with van der Waals surface area (Å²) in [6.07, 6.45) is -0.911. The van der Waals surface area contributed by atoms with E-state index >= 15 is 0 Å². The fourth-order valence-corrected chi connectivity index (χ4v) is 3.55. The Morgan fingerprint density at radius 3 is 3.00 bits per heavy atom. The minimum atomic E-state index is -1.14. The lowest BCUT2D eigenvalue weighted by Crippen LogP contribution is -2.37. The Morgan fingerprint density at radius 2 is 2.33 bits per heavy atom. The van der Waals surface area contributed by atoms with Crippen LogP contribution < -0.4 is 11.2 Å². The lowest BCUT2D eigenvalue weighted by atomic mass is 10.1. The Balaban J connectivity index is 2.21. The zero-order chi connectivity index (χ0) is 14.0. The van der Waals surface area contributed by atoms with Gasteiger partial charge in [0.2, 0.25) is 0 Å². The van der Waals surface area contributed by atoms with Crippen molar-refractivity contribution in [2.45, 2.75) is 22.8 Å². The fraction of sp³-hybridized carbons (Fsp3) is 0.556. The van der Waals surface area contributed by atoms with Gasteiger partial charge in [-0.15, -0.1) is 11.8 Å². The molecule has 0 radical (unpaired) electrons. The first-order chi connectivity index (χ1) is 9.04.